The molecular formula is C16H19NO2S. The molecule has 1 aromatic carbocycles. The summed E-state index contributed by atoms with van der Waals surface area (Å²) >= 11 is 1.68. The van der Waals surface area contributed by atoms with E-state index in [1.54, 1.807) is 11.3 Å². The van der Waals surface area contributed by atoms with Crippen LogP contribution in [0, 0.1) is 13.8 Å². The summed E-state index contributed by atoms with van der Waals surface area (Å²) in [6, 6.07) is 6.04. The summed E-state index contributed by atoms with van der Waals surface area (Å²) < 4.78 is 5.81. The normalized spacial score (nSPS) is 17.9. The maximum Gasteiger partial charge on any atom is 0.140 e. The molecule has 0 radical (unpaired) electrons. The Labute approximate surface area is 123 Å². The number of aromatic nitrogens is 1. The van der Waals surface area contributed by atoms with Crippen molar-refractivity contribution in [3.05, 3.63) is 44.9 Å². The van der Waals surface area contributed by atoms with Crippen LogP contribution in [0.4, 0.5) is 0 Å². The van der Waals surface area contributed by atoms with Gasteiger partial charge in [-0.3, -0.25) is 0 Å². The topological polar surface area (TPSA) is 42.4 Å². The van der Waals surface area contributed by atoms with Gasteiger partial charge in [0.05, 0.1) is 11.8 Å². The van der Waals surface area contributed by atoms with Crippen LogP contribution in [0.15, 0.2) is 18.2 Å². The van der Waals surface area contributed by atoms with Crippen molar-refractivity contribution < 1.29 is 9.84 Å². The van der Waals surface area contributed by atoms with Gasteiger partial charge in [0, 0.05) is 4.88 Å². The monoisotopic (exact) mass is 289 g/mol. The van der Waals surface area contributed by atoms with E-state index in [9.17, 15) is 5.11 Å². The van der Waals surface area contributed by atoms with E-state index in [0.29, 0.717) is 6.61 Å². The van der Waals surface area contributed by atoms with Gasteiger partial charge in [-0.05, 0) is 56.4 Å². The van der Waals surface area contributed by atoms with Crippen molar-refractivity contribution in [1.29, 1.82) is 0 Å². The molecule has 20 heavy (non-hydrogen) atoms. The molecule has 4 heteroatoms. The van der Waals surface area contributed by atoms with Gasteiger partial charge in [-0.1, -0.05) is 6.07 Å². The molecule has 0 saturated carbocycles. The molecule has 1 heterocycles. The molecule has 0 bridgehead atoms. The maximum absolute atomic E-state index is 10.0. The van der Waals surface area contributed by atoms with Gasteiger partial charge in [0.15, 0.2) is 0 Å². The molecule has 0 amide bonds. The number of nitrogens with zero attached hydrogens (tertiary/aromatic N) is 1. The van der Waals surface area contributed by atoms with Gasteiger partial charge < -0.3 is 9.84 Å². The molecule has 1 N–H and O–H groups in total. The second-order valence-electron chi connectivity index (χ2n) is 5.31. The minimum atomic E-state index is -0.341. The third kappa shape index (κ3) is 2.72. The summed E-state index contributed by atoms with van der Waals surface area (Å²) in [7, 11) is 0. The molecule has 1 atom stereocenters. The van der Waals surface area contributed by atoms with Crippen molar-refractivity contribution in [3.8, 4) is 5.75 Å². The Morgan fingerprint density at radius 2 is 2.25 bits per heavy atom. The summed E-state index contributed by atoms with van der Waals surface area (Å²) in [5.41, 5.74) is 3.35. The average molecular weight is 289 g/mol. The van der Waals surface area contributed by atoms with E-state index < -0.39 is 0 Å². The Morgan fingerprint density at radius 3 is 3.00 bits per heavy atom. The fraction of sp³-hybridized carbons (Fsp3) is 0.438. The van der Waals surface area contributed by atoms with E-state index in [1.165, 1.54) is 10.4 Å². The highest BCUT2D eigenvalue weighted by Gasteiger charge is 2.18. The number of thiazole rings is 1. The zero-order valence-electron chi connectivity index (χ0n) is 11.8. The zero-order valence-corrected chi connectivity index (χ0v) is 12.7. The minimum absolute atomic E-state index is 0.341. The highest BCUT2D eigenvalue weighted by Crippen LogP contribution is 2.32. The molecule has 0 fully saturated rings. The number of hydrogen-bond donors (Lipinski definition) is 1. The summed E-state index contributed by atoms with van der Waals surface area (Å²) in [5, 5.41) is 11.0. The van der Waals surface area contributed by atoms with Crippen molar-refractivity contribution in [3.63, 3.8) is 0 Å². The molecule has 1 aliphatic carbocycles. The van der Waals surface area contributed by atoms with Gasteiger partial charge >= 0.3 is 0 Å². The average Bonchev–Trinajstić information content (AvgIpc) is 2.76. The summed E-state index contributed by atoms with van der Waals surface area (Å²) in [4.78, 5) is 5.71. The van der Waals surface area contributed by atoms with E-state index in [0.717, 1.165) is 41.3 Å². The van der Waals surface area contributed by atoms with Crippen LogP contribution >= 0.6 is 11.3 Å². The number of fused-ring (bicyclic) bond motifs is 1. The first kappa shape index (κ1) is 13.6. The second kappa shape index (κ2) is 5.54. The van der Waals surface area contributed by atoms with Crippen molar-refractivity contribution in [2.75, 3.05) is 0 Å². The quantitative estimate of drug-likeness (QED) is 0.936. The molecule has 3 rings (SSSR count). The summed E-state index contributed by atoms with van der Waals surface area (Å²) in [5.74, 6) is 0.815. The molecule has 3 nitrogen and oxygen atoms in total. The smallest absolute Gasteiger partial charge is 0.140 e. The van der Waals surface area contributed by atoms with E-state index >= 15 is 0 Å². The lowest BCUT2D eigenvalue weighted by Crippen LogP contribution is -2.09. The summed E-state index contributed by atoms with van der Waals surface area (Å²) in [6.45, 7) is 4.59. The van der Waals surface area contributed by atoms with Crippen LogP contribution in [-0.4, -0.2) is 10.1 Å². The number of aliphatic hydroxyl groups excluding tert-OH is 1. The molecule has 0 spiro atoms. The molecule has 0 aliphatic heterocycles. The van der Waals surface area contributed by atoms with Crippen molar-refractivity contribution >= 4 is 11.3 Å². The lowest BCUT2D eigenvalue weighted by molar-refractivity contribution is 0.156. The number of aryl methyl sites for hydroxylation is 3. The molecule has 1 aromatic heterocycles. The summed E-state index contributed by atoms with van der Waals surface area (Å²) in [6.07, 6.45) is 2.62. The highest BCUT2D eigenvalue weighted by atomic mass is 32.1. The number of aliphatic hydroxyl groups is 1. The zero-order chi connectivity index (χ0) is 14.1. The molecule has 106 valence electrons. The van der Waals surface area contributed by atoms with Crippen LogP contribution in [0.1, 0.15) is 45.7 Å². The van der Waals surface area contributed by atoms with Gasteiger partial charge in [0.2, 0.25) is 0 Å². The second-order valence-corrected chi connectivity index (χ2v) is 6.59. The molecule has 2 aromatic rings. The van der Waals surface area contributed by atoms with Crippen LogP contribution in [0.2, 0.25) is 0 Å². The fourth-order valence-corrected chi connectivity index (χ4v) is 3.44. The predicted molar refractivity (Wildman–Crippen MR) is 80.3 cm³/mol. The standard InChI is InChI=1S/C16H19NO2S/c1-10-11(2)20-16(17-10)9-19-13-7-6-12-4-3-5-15(18)14(12)8-13/h6-8,15,18H,3-5,9H2,1-2H3/t15-/m1/s1. The first-order valence-electron chi connectivity index (χ1n) is 7.00. The lowest BCUT2D eigenvalue weighted by Gasteiger charge is -2.21. The Hall–Kier alpha value is -1.39. The minimum Gasteiger partial charge on any atom is -0.486 e. The molecular weight excluding hydrogens is 270 g/mol. The van der Waals surface area contributed by atoms with E-state index in [4.69, 9.17) is 4.74 Å². The van der Waals surface area contributed by atoms with E-state index in [-0.39, 0.29) is 6.10 Å². The van der Waals surface area contributed by atoms with Gasteiger partial charge in [0.1, 0.15) is 17.4 Å². The third-order valence-corrected chi connectivity index (χ3v) is 4.88. The van der Waals surface area contributed by atoms with Crippen LogP contribution in [0.25, 0.3) is 0 Å². The Balaban J connectivity index is 1.73. The first-order chi connectivity index (χ1) is 9.63. The predicted octanol–water partition coefficient (Wildman–Crippen LogP) is 3.71. The van der Waals surface area contributed by atoms with Crippen molar-refractivity contribution in [1.82, 2.24) is 4.98 Å². The van der Waals surface area contributed by atoms with Gasteiger partial charge in [-0.2, -0.15) is 0 Å². The van der Waals surface area contributed by atoms with Crippen molar-refractivity contribution in [2.24, 2.45) is 0 Å². The fourth-order valence-electron chi connectivity index (χ4n) is 2.59. The number of benzene rings is 1. The molecule has 0 saturated heterocycles. The van der Waals surface area contributed by atoms with E-state index in [1.807, 2.05) is 19.1 Å². The lowest BCUT2D eigenvalue weighted by atomic mass is 9.89. The first-order valence-corrected chi connectivity index (χ1v) is 7.82. The number of rotatable bonds is 3. The largest absolute Gasteiger partial charge is 0.486 e. The van der Waals surface area contributed by atoms with Crippen molar-refractivity contribution in [2.45, 2.75) is 45.8 Å². The number of ether oxygens (including phenoxy) is 1. The van der Waals surface area contributed by atoms with E-state index in [2.05, 4.69) is 18.0 Å². The number of hydrogen-bond acceptors (Lipinski definition) is 4. The van der Waals surface area contributed by atoms with Crippen LogP contribution in [-0.2, 0) is 13.0 Å². The Kier molecular flexibility index (Phi) is 3.76. The van der Waals surface area contributed by atoms with Gasteiger partial charge in [-0.15, -0.1) is 11.3 Å². The SMILES string of the molecule is Cc1nc(COc2ccc3c(c2)[C@H](O)CCC3)sc1C. The highest BCUT2D eigenvalue weighted by molar-refractivity contribution is 7.11. The Bertz CT molecular complexity index is 601. The Morgan fingerprint density at radius 1 is 1.40 bits per heavy atom. The third-order valence-electron chi connectivity index (χ3n) is 3.84. The molecule has 0 unspecified atom stereocenters. The van der Waals surface area contributed by atoms with Gasteiger partial charge in [0.25, 0.3) is 0 Å². The molecule has 1 aliphatic rings. The van der Waals surface area contributed by atoms with Crippen LogP contribution < -0.4 is 4.74 Å². The van der Waals surface area contributed by atoms with Crippen LogP contribution in [0.3, 0.4) is 0 Å². The maximum atomic E-state index is 10.0. The van der Waals surface area contributed by atoms with Gasteiger partial charge in [-0.25, -0.2) is 4.98 Å². The van der Waals surface area contributed by atoms with Crippen LogP contribution in [0.5, 0.6) is 5.75 Å².